The van der Waals surface area contributed by atoms with Crippen LogP contribution in [0.1, 0.15) is 35.3 Å². The van der Waals surface area contributed by atoms with Crippen molar-refractivity contribution in [1.29, 1.82) is 5.26 Å². The summed E-state index contributed by atoms with van der Waals surface area (Å²) >= 11 is 0. The molecule has 1 atom stereocenters. The fraction of sp³-hybridized carbons (Fsp3) is 0.300. The summed E-state index contributed by atoms with van der Waals surface area (Å²) in [5.41, 5.74) is 1.82. The van der Waals surface area contributed by atoms with Crippen molar-refractivity contribution in [2.24, 2.45) is 5.92 Å². The van der Waals surface area contributed by atoms with Crippen LogP contribution in [0.4, 0.5) is 0 Å². The van der Waals surface area contributed by atoms with Crippen LogP contribution in [0.2, 0.25) is 0 Å². The van der Waals surface area contributed by atoms with Crippen LogP contribution < -0.4 is 9.47 Å². The van der Waals surface area contributed by atoms with Crippen molar-refractivity contribution in [2.75, 3.05) is 13.7 Å². The Balaban J connectivity index is 1.94. The molecule has 0 N–H and O–H groups in total. The molecule has 0 radical (unpaired) electrons. The van der Waals surface area contributed by atoms with Gasteiger partial charge in [-0.1, -0.05) is 26.0 Å². The molecule has 0 saturated heterocycles. The highest BCUT2D eigenvalue weighted by molar-refractivity contribution is 6.02. The monoisotopic (exact) mass is 321 g/mol. The Labute approximate surface area is 141 Å². The molecule has 3 rings (SSSR count). The Morgan fingerprint density at radius 2 is 1.92 bits per heavy atom. The smallest absolute Gasteiger partial charge is 0.173 e. The largest absolute Gasteiger partial charge is 0.497 e. The van der Waals surface area contributed by atoms with E-state index in [1.54, 1.807) is 37.4 Å². The average molecular weight is 321 g/mol. The lowest BCUT2D eigenvalue weighted by molar-refractivity contribution is 0.0736. The summed E-state index contributed by atoms with van der Waals surface area (Å²) in [6, 6.07) is 14.8. The highest BCUT2D eigenvalue weighted by Crippen LogP contribution is 2.40. The number of fused-ring (bicyclic) bond motifs is 1. The summed E-state index contributed by atoms with van der Waals surface area (Å²) in [6.45, 7) is 4.40. The van der Waals surface area contributed by atoms with Gasteiger partial charge in [-0.2, -0.15) is 5.26 Å². The first-order valence-electron chi connectivity index (χ1n) is 7.83. The molecule has 1 aliphatic rings. The van der Waals surface area contributed by atoms with Crippen LogP contribution in [-0.4, -0.2) is 19.5 Å². The van der Waals surface area contributed by atoms with Crippen LogP contribution in [0, 0.1) is 17.2 Å². The van der Waals surface area contributed by atoms with Crippen LogP contribution in [0.25, 0.3) is 0 Å². The van der Waals surface area contributed by atoms with E-state index in [9.17, 15) is 4.79 Å². The van der Waals surface area contributed by atoms with Gasteiger partial charge in [-0.15, -0.1) is 0 Å². The molecule has 0 aliphatic carbocycles. The number of ether oxygens (including phenoxy) is 2. The van der Waals surface area contributed by atoms with Gasteiger partial charge in [0.2, 0.25) is 0 Å². The van der Waals surface area contributed by atoms with Gasteiger partial charge in [0.25, 0.3) is 0 Å². The SMILES string of the molecule is COc1ccc2c(c1)OCC(C(C)(C)c1ccc(C#N)cc1)C2=O. The van der Waals surface area contributed by atoms with E-state index in [0.29, 0.717) is 29.2 Å². The first-order valence-corrected chi connectivity index (χ1v) is 7.83. The minimum absolute atomic E-state index is 0.0771. The summed E-state index contributed by atoms with van der Waals surface area (Å²) in [4.78, 5) is 13.0. The third-order valence-electron chi connectivity index (χ3n) is 4.81. The zero-order valence-electron chi connectivity index (χ0n) is 14.0. The molecule has 0 spiro atoms. The summed E-state index contributed by atoms with van der Waals surface area (Å²) in [5.74, 6) is 1.04. The molecule has 2 aromatic carbocycles. The maximum absolute atomic E-state index is 13.0. The number of benzene rings is 2. The zero-order valence-corrected chi connectivity index (χ0v) is 14.0. The maximum Gasteiger partial charge on any atom is 0.173 e. The van der Waals surface area contributed by atoms with Gasteiger partial charge < -0.3 is 9.47 Å². The van der Waals surface area contributed by atoms with E-state index in [2.05, 4.69) is 6.07 Å². The first kappa shape index (κ1) is 16.1. The molecule has 0 amide bonds. The summed E-state index contributed by atoms with van der Waals surface area (Å²) in [5, 5.41) is 8.94. The number of ketones is 1. The third-order valence-corrected chi connectivity index (χ3v) is 4.81. The highest BCUT2D eigenvalue weighted by atomic mass is 16.5. The van der Waals surface area contributed by atoms with Gasteiger partial charge in [-0.25, -0.2) is 0 Å². The van der Waals surface area contributed by atoms with Gasteiger partial charge in [0, 0.05) is 11.5 Å². The second-order valence-electron chi connectivity index (χ2n) is 6.50. The molecule has 0 aromatic heterocycles. The summed E-state index contributed by atoms with van der Waals surface area (Å²) < 4.78 is 11.0. The van der Waals surface area contributed by atoms with E-state index in [-0.39, 0.29) is 11.7 Å². The maximum atomic E-state index is 13.0. The number of hydrogen-bond donors (Lipinski definition) is 0. The number of carbonyl (C=O) groups is 1. The number of methoxy groups -OCH3 is 1. The molecule has 1 unspecified atom stereocenters. The Morgan fingerprint density at radius 1 is 1.21 bits per heavy atom. The Kier molecular flexibility index (Phi) is 4.02. The normalized spacial score (nSPS) is 16.8. The second-order valence-corrected chi connectivity index (χ2v) is 6.50. The van der Waals surface area contributed by atoms with E-state index < -0.39 is 5.41 Å². The Morgan fingerprint density at radius 3 is 2.54 bits per heavy atom. The number of nitriles is 1. The molecule has 4 nitrogen and oxygen atoms in total. The van der Waals surface area contributed by atoms with E-state index in [4.69, 9.17) is 14.7 Å². The van der Waals surface area contributed by atoms with Crippen molar-refractivity contribution in [1.82, 2.24) is 0 Å². The van der Waals surface area contributed by atoms with E-state index in [1.807, 2.05) is 26.0 Å². The van der Waals surface area contributed by atoms with Crippen molar-refractivity contribution in [3.63, 3.8) is 0 Å². The average Bonchev–Trinajstić information content (AvgIpc) is 2.61. The molecule has 0 bridgehead atoms. The van der Waals surface area contributed by atoms with Crippen LogP contribution in [0.3, 0.4) is 0 Å². The number of nitrogens with zero attached hydrogens (tertiary/aromatic N) is 1. The molecule has 0 saturated carbocycles. The zero-order chi connectivity index (χ0) is 17.3. The molecule has 1 aliphatic heterocycles. The lowest BCUT2D eigenvalue weighted by Crippen LogP contribution is -2.41. The molecule has 122 valence electrons. The highest BCUT2D eigenvalue weighted by Gasteiger charge is 2.41. The van der Waals surface area contributed by atoms with E-state index >= 15 is 0 Å². The lowest BCUT2D eigenvalue weighted by Gasteiger charge is -2.36. The fourth-order valence-corrected chi connectivity index (χ4v) is 3.10. The van der Waals surface area contributed by atoms with Crippen LogP contribution >= 0.6 is 0 Å². The second kappa shape index (κ2) is 6.01. The number of carbonyl (C=O) groups excluding carboxylic acids is 1. The van der Waals surface area contributed by atoms with Crippen LogP contribution in [0.15, 0.2) is 42.5 Å². The fourth-order valence-electron chi connectivity index (χ4n) is 3.10. The minimum Gasteiger partial charge on any atom is -0.497 e. The van der Waals surface area contributed by atoms with Crippen LogP contribution in [-0.2, 0) is 5.41 Å². The van der Waals surface area contributed by atoms with E-state index in [1.165, 1.54) is 0 Å². The molecule has 24 heavy (non-hydrogen) atoms. The van der Waals surface area contributed by atoms with Gasteiger partial charge >= 0.3 is 0 Å². The topological polar surface area (TPSA) is 59.3 Å². The van der Waals surface area contributed by atoms with Gasteiger partial charge in [-0.05, 0) is 29.8 Å². The van der Waals surface area contributed by atoms with Crippen molar-refractivity contribution >= 4 is 5.78 Å². The summed E-state index contributed by atoms with van der Waals surface area (Å²) in [6.07, 6.45) is 0. The first-order chi connectivity index (χ1) is 11.5. The predicted molar refractivity (Wildman–Crippen MR) is 90.5 cm³/mol. The number of Topliss-reactive ketones (excluding diaryl/α,β-unsaturated/α-hetero) is 1. The molecule has 4 heteroatoms. The van der Waals surface area contributed by atoms with Gasteiger partial charge in [0.1, 0.15) is 11.5 Å². The van der Waals surface area contributed by atoms with Crippen molar-refractivity contribution in [2.45, 2.75) is 19.3 Å². The summed E-state index contributed by atoms with van der Waals surface area (Å²) in [7, 11) is 1.59. The number of rotatable bonds is 3. The molecular weight excluding hydrogens is 302 g/mol. The Bertz CT molecular complexity index is 816. The van der Waals surface area contributed by atoms with Gasteiger partial charge in [0.05, 0.1) is 36.8 Å². The molecule has 2 aromatic rings. The van der Waals surface area contributed by atoms with Crippen molar-refractivity contribution in [3.05, 3.63) is 59.2 Å². The third kappa shape index (κ3) is 2.63. The van der Waals surface area contributed by atoms with E-state index in [0.717, 1.165) is 5.56 Å². The van der Waals surface area contributed by atoms with Crippen LogP contribution in [0.5, 0.6) is 11.5 Å². The molecular formula is C20H19NO3. The minimum atomic E-state index is -0.400. The predicted octanol–water partition coefficient (Wildman–Crippen LogP) is 3.74. The van der Waals surface area contributed by atoms with Crippen molar-refractivity contribution < 1.29 is 14.3 Å². The molecule has 1 heterocycles. The van der Waals surface area contributed by atoms with Gasteiger partial charge in [0.15, 0.2) is 5.78 Å². The van der Waals surface area contributed by atoms with Crippen molar-refractivity contribution in [3.8, 4) is 17.6 Å². The Hall–Kier alpha value is -2.80. The lowest BCUT2D eigenvalue weighted by atomic mass is 9.70. The van der Waals surface area contributed by atoms with Gasteiger partial charge in [-0.3, -0.25) is 4.79 Å². The number of hydrogen-bond acceptors (Lipinski definition) is 4. The standard InChI is InChI=1S/C20H19NO3/c1-20(2,14-6-4-13(11-21)5-7-14)17-12-24-18-10-15(23-3)8-9-16(18)19(17)22/h4-10,17H,12H2,1-3H3. The molecule has 0 fully saturated rings. The quantitative estimate of drug-likeness (QED) is 0.864.